The molecule has 5 heteroatoms. The van der Waals surface area contributed by atoms with Crippen molar-refractivity contribution in [3.05, 3.63) is 0 Å². The molecule has 0 aromatic carbocycles. The first-order chi connectivity index (χ1) is 5.48. The highest BCUT2D eigenvalue weighted by atomic mass is 79.9. The molecule has 0 heterocycles. The van der Waals surface area contributed by atoms with Gasteiger partial charge in [-0.05, 0) is 6.42 Å². The lowest BCUT2D eigenvalue weighted by Gasteiger charge is -2.13. The number of rotatable bonds is 5. The third kappa shape index (κ3) is 5.83. The number of unbranched alkanes of at least 4 members (excludes halogenated alkanes) is 1. The molecule has 0 bridgehead atoms. The molecular formula is C7H12BrF3O. The molecule has 0 aliphatic carbocycles. The largest absolute Gasteiger partial charge is 0.403 e. The van der Waals surface area contributed by atoms with E-state index in [1.54, 1.807) is 0 Å². The van der Waals surface area contributed by atoms with Crippen LogP contribution in [0, 0.1) is 0 Å². The Labute approximate surface area is 78.4 Å². The summed E-state index contributed by atoms with van der Waals surface area (Å²) in [7, 11) is 0. The zero-order valence-corrected chi connectivity index (χ0v) is 8.41. The molecule has 0 saturated carbocycles. The second-order valence-electron chi connectivity index (χ2n) is 2.44. The number of hydrogen-bond donors (Lipinski definition) is 0. The van der Waals surface area contributed by atoms with E-state index in [4.69, 9.17) is 4.74 Å². The van der Waals surface area contributed by atoms with E-state index in [2.05, 4.69) is 15.9 Å². The highest BCUT2D eigenvalue weighted by molar-refractivity contribution is 9.09. The summed E-state index contributed by atoms with van der Waals surface area (Å²) >= 11 is 2.50. The number of halogens is 4. The lowest BCUT2D eigenvalue weighted by Crippen LogP contribution is -2.27. The van der Waals surface area contributed by atoms with Crippen LogP contribution in [-0.2, 0) is 4.74 Å². The Morgan fingerprint density at radius 1 is 1.42 bits per heavy atom. The Morgan fingerprint density at radius 2 is 2.00 bits per heavy atom. The van der Waals surface area contributed by atoms with Gasteiger partial charge < -0.3 is 4.74 Å². The van der Waals surface area contributed by atoms with Gasteiger partial charge in [-0.3, -0.25) is 0 Å². The Hall–Kier alpha value is 0.230. The third-order valence-corrected chi connectivity index (χ3v) is 2.05. The number of hydrogen-bond acceptors (Lipinski definition) is 1. The van der Waals surface area contributed by atoms with Crippen LogP contribution in [0.5, 0.6) is 0 Å². The topological polar surface area (TPSA) is 9.23 Å². The monoisotopic (exact) mass is 248 g/mol. The van der Waals surface area contributed by atoms with Crippen molar-refractivity contribution in [1.82, 2.24) is 0 Å². The van der Waals surface area contributed by atoms with Gasteiger partial charge in [0, 0.05) is 6.61 Å². The summed E-state index contributed by atoms with van der Waals surface area (Å²) < 4.78 is 40.3. The van der Waals surface area contributed by atoms with Gasteiger partial charge >= 0.3 is 6.18 Å². The highest BCUT2D eigenvalue weighted by Crippen LogP contribution is 2.26. The molecule has 12 heavy (non-hydrogen) atoms. The van der Waals surface area contributed by atoms with E-state index < -0.39 is 11.0 Å². The summed E-state index contributed by atoms with van der Waals surface area (Å²) in [5.41, 5.74) is 0. The summed E-state index contributed by atoms with van der Waals surface area (Å²) in [6.45, 7) is 2.05. The lowest BCUT2D eigenvalue weighted by atomic mass is 10.4. The Bertz CT molecular complexity index is 116. The van der Waals surface area contributed by atoms with Gasteiger partial charge in [-0.1, -0.05) is 29.3 Å². The van der Waals surface area contributed by atoms with E-state index in [-0.39, 0.29) is 6.61 Å². The summed E-state index contributed by atoms with van der Waals surface area (Å²) in [5, 5.41) is 0. The van der Waals surface area contributed by atoms with E-state index in [0.717, 1.165) is 12.8 Å². The fourth-order valence-electron chi connectivity index (χ4n) is 0.528. The normalized spacial score (nSPS) is 14.8. The van der Waals surface area contributed by atoms with Crippen molar-refractivity contribution >= 4 is 15.9 Å². The van der Waals surface area contributed by atoms with E-state index in [9.17, 15) is 13.2 Å². The first-order valence-corrected chi connectivity index (χ1v) is 4.68. The summed E-state index contributed by atoms with van der Waals surface area (Å²) in [5.74, 6) is 0. The van der Waals surface area contributed by atoms with Crippen molar-refractivity contribution in [2.75, 3.05) is 13.2 Å². The van der Waals surface area contributed by atoms with Crippen LogP contribution >= 0.6 is 15.9 Å². The standard InChI is InChI=1S/C7H12BrF3O/c1-2-3-4-12-5-6(8)7(9,10)11/h6H,2-5H2,1H3. The maximum atomic E-state index is 11.8. The van der Waals surface area contributed by atoms with Crippen LogP contribution in [0.2, 0.25) is 0 Å². The molecule has 0 saturated heterocycles. The Morgan fingerprint density at radius 3 is 2.42 bits per heavy atom. The zero-order valence-electron chi connectivity index (χ0n) is 6.83. The second-order valence-corrected chi connectivity index (χ2v) is 3.54. The molecule has 0 aliphatic heterocycles. The fraction of sp³-hybridized carbons (Fsp3) is 1.00. The van der Waals surface area contributed by atoms with Crippen molar-refractivity contribution in [1.29, 1.82) is 0 Å². The van der Waals surface area contributed by atoms with Gasteiger partial charge in [-0.2, -0.15) is 13.2 Å². The van der Waals surface area contributed by atoms with Crippen LogP contribution in [0.3, 0.4) is 0 Å². The predicted octanol–water partition coefficient (Wildman–Crippen LogP) is 3.13. The summed E-state index contributed by atoms with van der Waals surface area (Å²) in [6, 6.07) is 0. The van der Waals surface area contributed by atoms with Crippen molar-refractivity contribution in [2.24, 2.45) is 0 Å². The molecule has 0 amide bonds. The molecule has 0 rings (SSSR count). The van der Waals surface area contributed by atoms with Crippen molar-refractivity contribution < 1.29 is 17.9 Å². The summed E-state index contributed by atoms with van der Waals surface area (Å²) in [4.78, 5) is -1.54. The molecule has 0 aromatic heterocycles. The van der Waals surface area contributed by atoms with Gasteiger partial charge in [0.2, 0.25) is 0 Å². The Kier molecular flexibility index (Phi) is 5.92. The van der Waals surface area contributed by atoms with E-state index >= 15 is 0 Å². The van der Waals surface area contributed by atoms with Gasteiger partial charge in [0.1, 0.15) is 4.83 Å². The van der Waals surface area contributed by atoms with Crippen LogP contribution in [0.4, 0.5) is 13.2 Å². The smallest absolute Gasteiger partial charge is 0.380 e. The summed E-state index contributed by atoms with van der Waals surface area (Å²) in [6.07, 6.45) is -2.47. The first kappa shape index (κ1) is 12.2. The van der Waals surface area contributed by atoms with Crippen LogP contribution in [0.15, 0.2) is 0 Å². The minimum absolute atomic E-state index is 0.302. The van der Waals surface area contributed by atoms with Gasteiger partial charge in [0.25, 0.3) is 0 Å². The van der Waals surface area contributed by atoms with Crippen LogP contribution in [0.25, 0.3) is 0 Å². The van der Waals surface area contributed by atoms with Crippen LogP contribution < -0.4 is 0 Å². The van der Waals surface area contributed by atoms with Gasteiger partial charge in [-0.25, -0.2) is 0 Å². The molecular weight excluding hydrogens is 237 g/mol. The first-order valence-electron chi connectivity index (χ1n) is 3.77. The molecule has 0 aromatic rings. The fourth-order valence-corrected chi connectivity index (χ4v) is 0.715. The molecule has 1 unspecified atom stereocenters. The maximum absolute atomic E-state index is 11.8. The predicted molar refractivity (Wildman–Crippen MR) is 44.5 cm³/mol. The van der Waals surface area contributed by atoms with E-state index in [1.165, 1.54) is 0 Å². The average molecular weight is 249 g/mol. The highest BCUT2D eigenvalue weighted by Gasteiger charge is 2.37. The molecule has 74 valence electrons. The zero-order chi connectivity index (χ0) is 9.61. The minimum Gasteiger partial charge on any atom is -0.380 e. The lowest BCUT2D eigenvalue weighted by molar-refractivity contribution is -0.137. The van der Waals surface area contributed by atoms with Gasteiger partial charge in [-0.15, -0.1) is 0 Å². The molecule has 0 spiro atoms. The minimum atomic E-state index is -4.20. The van der Waals surface area contributed by atoms with E-state index in [1.807, 2.05) is 6.92 Å². The molecule has 0 N–H and O–H groups in total. The Balaban J connectivity index is 3.38. The molecule has 0 fully saturated rings. The maximum Gasteiger partial charge on any atom is 0.403 e. The molecule has 0 aliphatic rings. The molecule has 1 atom stereocenters. The third-order valence-electron chi connectivity index (χ3n) is 1.26. The van der Waals surface area contributed by atoms with Crippen molar-refractivity contribution in [3.63, 3.8) is 0 Å². The van der Waals surface area contributed by atoms with E-state index in [0.29, 0.717) is 6.61 Å². The second kappa shape index (κ2) is 5.80. The number of alkyl halides is 4. The SMILES string of the molecule is CCCCOCC(Br)C(F)(F)F. The van der Waals surface area contributed by atoms with Gasteiger partial charge in [0.15, 0.2) is 0 Å². The van der Waals surface area contributed by atoms with Gasteiger partial charge in [0.05, 0.1) is 6.61 Å². The number of ether oxygens (including phenoxy) is 1. The quantitative estimate of drug-likeness (QED) is 0.537. The molecule has 1 nitrogen and oxygen atoms in total. The van der Waals surface area contributed by atoms with Crippen LogP contribution in [0.1, 0.15) is 19.8 Å². The average Bonchev–Trinajstić information content (AvgIpc) is 1.96. The molecule has 0 radical (unpaired) electrons. The van der Waals surface area contributed by atoms with Crippen molar-refractivity contribution in [3.8, 4) is 0 Å². The van der Waals surface area contributed by atoms with Crippen LogP contribution in [-0.4, -0.2) is 24.2 Å². The van der Waals surface area contributed by atoms with Crippen molar-refractivity contribution in [2.45, 2.75) is 30.8 Å².